The zero-order valence-electron chi connectivity index (χ0n) is 17.7. The number of ether oxygens (including phenoxy) is 1. The molecule has 0 saturated carbocycles. The molecule has 0 unspecified atom stereocenters. The van der Waals surface area contributed by atoms with Crippen LogP contribution in [0, 0.1) is 0 Å². The lowest BCUT2D eigenvalue weighted by Crippen LogP contribution is -2.36. The summed E-state index contributed by atoms with van der Waals surface area (Å²) >= 11 is 1.64. The monoisotopic (exact) mass is 431 g/mol. The van der Waals surface area contributed by atoms with Crippen molar-refractivity contribution in [2.24, 2.45) is 0 Å². The number of pyridine rings is 1. The van der Waals surface area contributed by atoms with Crippen molar-refractivity contribution in [2.45, 2.75) is 19.8 Å². The maximum Gasteiger partial charge on any atom is 0.143 e. The van der Waals surface area contributed by atoms with E-state index in [0.29, 0.717) is 5.92 Å². The first-order chi connectivity index (χ1) is 15.2. The molecular formula is C24H25N5OS. The van der Waals surface area contributed by atoms with Gasteiger partial charge < -0.3 is 15.0 Å². The van der Waals surface area contributed by atoms with Gasteiger partial charge in [-0.3, -0.25) is 0 Å². The van der Waals surface area contributed by atoms with E-state index in [4.69, 9.17) is 4.74 Å². The summed E-state index contributed by atoms with van der Waals surface area (Å²) in [6.45, 7) is 7.67. The number of aromatic nitrogens is 3. The Labute approximate surface area is 185 Å². The smallest absolute Gasteiger partial charge is 0.143 e. The molecule has 0 radical (unpaired) electrons. The molecule has 1 aliphatic rings. The molecular weight excluding hydrogens is 406 g/mol. The highest BCUT2D eigenvalue weighted by Crippen LogP contribution is 2.37. The van der Waals surface area contributed by atoms with E-state index in [1.165, 1.54) is 11.1 Å². The lowest BCUT2D eigenvalue weighted by atomic mass is 9.99. The van der Waals surface area contributed by atoms with Gasteiger partial charge in [-0.2, -0.15) is 0 Å². The van der Waals surface area contributed by atoms with Crippen molar-refractivity contribution in [1.82, 2.24) is 15.0 Å². The van der Waals surface area contributed by atoms with Gasteiger partial charge in [0.05, 0.1) is 30.5 Å². The topological polar surface area (TPSA) is 63.2 Å². The van der Waals surface area contributed by atoms with E-state index in [2.05, 4.69) is 74.7 Å². The highest BCUT2D eigenvalue weighted by atomic mass is 32.1. The lowest BCUT2D eigenvalue weighted by Gasteiger charge is -2.27. The molecule has 3 aromatic heterocycles. The highest BCUT2D eigenvalue weighted by molar-refractivity contribution is 7.17. The molecule has 0 atom stereocenters. The Morgan fingerprint density at radius 1 is 1.00 bits per heavy atom. The number of rotatable bonds is 5. The van der Waals surface area contributed by atoms with Crippen LogP contribution in [0.1, 0.15) is 25.3 Å². The average molecular weight is 432 g/mol. The van der Waals surface area contributed by atoms with Gasteiger partial charge in [-0.25, -0.2) is 15.0 Å². The SMILES string of the molecule is CC(C)c1ccc(-c2csc3ncnc(Nc4ccc(N5CCOCC5)nc4)c23)cc1. The first-order valence-corrected chi connectivity index (χ1v) is 11.5. The first kappa shape index (κ1) is 19.9. The Morgan fingerprint density at radius 3 is 2.52 bits per heavy atom. The van der Waals surface area contributed by atoms with Crippen molar-refractivity contribution in [1.29, 1.82) is 0 Å². The Bertz CT molecular complexity index is 1170. The van der Waals surface area contributed by atoms with Crippen LogP contribution in [0.3, 0.4) is 0 Å². The van der Waals surface area contributed by atoms with E-state index in [1.54, 1.807) is 17.7 Å². The van der Waals surface area contributed by atoms with Crippen LogP contribution >= 0.6 is 11.3 Å². The molecule has 1 aliphatic heterocycles. The van der Waals surface area contributed by atoms with E-state index in [0.717, 1.165) is 59.4 Å². The van der Waals surface area contributed by atoms with Crippen molar-refractivity contribution < 1.29 is 4.74 Å². The van der Waals surface area contributed by atoms with Crippen LogP contribution in [0.2, 0.25) is 0 Å². The number of fused-ring (bicyclic) bond motifs is 1. The van der Waals surface area contributed by atoms with Gasteiger partial charge in [-0.1, -0.05) is 38.1 Å². The number of nitrogens with one attached hydrogen (secondary N) is 1. The summed E-state index contributed by atoms with van der Waals surface area (Å²) in [6.07, 6.45) is 3.48. The molecule has 4 heterocycles. The van der Waals surface area contributed by atoms with Gasteiger partial charge >= 0.3 is 0 Å². The third-order valence-corrected chi connectivity index (χ3v) is 6.49. The largest absolute Gasteiger partial charge is 0.378 e. The van der Waals surface area contributed by atoms with Crippen LogP contribution in [0.5, 0.6) is 0 Å². The number of nitrogens with zero attached hydrogens (tertiary/aromatic N) is 4. The van der Waals surface area contributed by atoms with Crippen LogP contribution in [0.15, 0.2) is 54.3 Å². The molecule has 5 rings (SSSR count). The molecule has 0 spiro atoms. The minimum Gasteiger partial charge on any atom is -0.378 e. The van der Waals surface area contributed by atoms with Crippen molar-refractivity contribution in [3.05, 3.63) is 59.9 Å². The summed E-state index contributed by atoms with van der Waals surface area (Å²) in [5.74, 6) is 2.29. The third kappa shape index (κ3) is 4.11. The van der Waals surface area contributed by atoms with Crippen LogP contribution in [0.4, 0.5) is 17.3 Å². The quantitative estimate of drug-likeness (QED) is 0.453. The zero-order chi connectivity index (χ0) is 21.2. The molecule has 0 amide bonds. The normalized spacial score (nSPS) is 14.4. The number of hydrogen-bond acceptors (Lipinski definition) is 7. The van der Waals surface area contributed by atoms with Gasteiger partial charge in [0.1, 0.15) is 22.8 Å². The number of thiophene rings is 1. The zero-order valence-corrected chi connectivity index (χ0v) is 18.5. The van der Waals surface area contributed by atoms with Gasteiger partial charge in [0.2, 0.25) is 0 Å². The Kier molecular flexibility index (Phi) is 5.53. The molecule has 1 N–H and O–H groups in total. The maximum atomic E-state index is 5.43. The summed E-state index contributed by atoms with van der Waals surface area (Å²) < 4.78 is 5.43. The second-order valence-electron chi connectivity index (χ2n) is 7.96. The summed E-state index contributed by atoms with van der Waals surface area (Å²) in [5, 5.41) is 6.66. The van der Waals surface area contributed by atoms with Crippen molar-refractivity contribution in [3.63, 3.8) is 0 Å². The second kappa shape index (κ2) is 8.61. The number of anilines is 3. The van der Waals surface area contributed by atoms with Crippen LogP contribution in [-0.2, 0) is 4.74 Å². The molecule has 1 aromatic carbocycles. The minimum atomic E-state index is 0.516. The standard InChI is InChI=1S/C24H25N5OS/c1-16(2)17-3-5-18(6-4-17)20-14-31-24-22(20)23(26-15-27-24)28-19-7-8-21(25-13-19)29-9-11-30-12-10-29/h3-8,13-16H,9-12H2,1-2H3,(H,26,27,28). The maximum absolute atomic E-state index is 5.43. The van der Waals surface area contributed by atoms with E-state index >= 15 is 0 Å². The predicted molar refractivity (Wildman–Crippen MR) is 127 cm³/mol. The summed E-state index contributed by atoms with van der Waals surface area (Å²) in [6, 6.07) is 12.9. The minimum absolute atomic E-state index is 0.516. The third-order valence-electron chi connectivity index (χ3n) is 5.60. The summed E-state index contributed by atoms with van der Waals surface area (Å²) in [5.41, 5.74) is 4.57. The molecule has 7 heteroatoms. The summed E-state index contributed by atoms with van der Waals surface area (Å²) in [7, 11) is 0. The second-order valence-corrected chi connectivity index (χ2v) is 8.82. The van der Waals surface area contributed by atoms with Crippen LogP contribution < -0.4 is 10.2 Å². The lowest BCUT2D eigenvalue weighted by molar-refractivity contribution is 0.122. The molecule has 0 aliphatic carbocycles. The van der Waals surface area contributed by atoms with Gasteiger partial charge in [0.25, 0.3) is 0 Å². The van der Waals surface area contributed by atoms with E-state index < -0.39 is 0 Å². The Hall–Kier alpha value is -3.03. The van der Waals surface area contributed by atoms with Gasteiger partial charge in [0, 0.05) is 24.0 Å². The van der Waals surface area contributed by atoms with Gasteiger partial charge in [0.15, 0.2) is 0 Å². The van der Waals surface area contributed by atoms with Crippen LogP contribution in [-0.4, -0.2) is 41.3 Å². The molecule has 1 saturated heterocycles. The fraction of sp³-hybridized carbons (Fsp3) is 0.292. The Balaban J connectivity index is 1.44. The molecule has 1 fully saturated rings. The first-order valence-electron chi connectivity index (χ1n) is 10.6. The number of benzene rings is 1. The average Bonchev–Trinajstić information content (AvgIpc) is 3.25. The summed E-state index contributed by atoms with van der Waals surface area (Å²) in [4.78, 5) is 16.9. The molecule has 31 heavy (non-hydrogen) atoms. The highest BCUT2D eigenvalue weighted by Gasteiger charge is 2.15. The fourth-order valence-electron chi connectivity index (χ4n) is 3.81. The number of hydrogen-bond donors (Lipinski definition) is 1. The Morgan fingerprint density at radius 2 is 1.81 bits per heavy atom. The van der Waals surface area contributed by atoms with E-state index in [-0.39, 0.29) is 0 Å². The molecule has 4 aromatic rings. The molecule has 158 valence electrons. The van der Waals surface area contributed by atoms with Gasteiger partial charge in [-0.05, 0) is 29.2 Å². The fourth-order valence-corrected chi connectivity index (χ4v) is 4.72. The van der Waals surface area contributed by atoms with Gasteiger partial charge in [-0.15, -0.1) is 11.3 Å². The molecule has 6 nitrogen and oxygen atoms in total. The van der Waals surface area contributed by atoms with Crippen molar-refractivity contribution in [3.8, 4) is 11.1 Å². The number of morpholine rings is 1. The van der Waals surface area contributed by atoms with Crippen molar-refractivity contribution >= 4 is 38.9 Å². The molecule has 0 bridgehead atoms. The predicted octanol–water partition coefficient (Wildman–Crippen LogP) is 5.46. The van der Waals surface area contributed by atoms with Crippen LogP contribution in [0.25, 0.3) is 21.3 Å². The van der Waals surface area contributed by atoms with E-state index in [1.807, 2.05) is 12.3 Å². The van der Waals surface area contributed by atoms with E-state index in [9.17, 15) is 0 Å². The van der Waals surface area contributed by atoms with Crippen molar-refractivity contribution in [2.75, 3.05) is 36.5 Å².